The molecule has 0 saturated heterocycles. The average Bonchev–Trinajstić information content (AvgIpc) is 3.16. The van der Waals surface area contributed by atoms with E-state index in [-0.39, 0.29) is 34.4 Å². The van der Waals surface area contributed by atoms with Crippen molar-refractivity contribution in [3.05, 3.63) is 65.5 Å². The van der Waals surface area contributed by atoms with E-state index < -0.39 is 11.6 Å². The molecule has 2 heterocycles. The van der Waals surface area contributed by atoms with Crippen molar-refractivity contribution in [2.75, 3.05) is 13.7 Å². The van der Waals surface area contributed by atoms with Crippen LogP contribution in [-0.2, 0) is 17.9 Å². The Balaban J connectivity index is 1.76. The van der Waals surface area contributed by atoms with Gasteiger partial charge in [0.15, 0.2) is 11.6 Å². The van der Waals surface area contributed by atoms with Crippen LogP contribution in [0.4, 0.5) is 8.78 Å². The topological polar surface area (TPSA) is 60.2 Å². The zero-order chi connectivity index (χ0) is 21.4. The molecule has 2 aromatic carbocycles. The number of halogens is 3. The molecule has 0 radical (unpaired) electrons. The maximum atomic E-state index is 15.1. The summed E-state index contributed by atoms with van der Waals surface area (Å²) in [5.74, 6) is -0.378. The van der Waals surface area contributed by atoms with Gasteiger partial charge in [0.25, 0.3) is 0 Å². The summed E-state index contributed by atoms with van der Waals surface area (Å²) < 4.78 is 36.5. The molecule has 6 nitrogen and oxygen atoms in total. The smallest absolute Gasteiger partial charge is 0.246 e. The zero-order valence-corrected chi connectivity index (χ0v) is 16.8. The van der Waals surface area contributed by atoms with E-state index in [0.717, 1.165) is 0 Å². The van der Waals surface area contributed by atoms with Gasteiger partial charge in [-0.25, -0.2) is 8.78 Å². The van der Waals surface area contributed by atoms with Gasteiger partial charge in [0, 0.05) is 24.2 Å². The number of ether oxygens (including phenoxy) is 1. The third-order valence-electron chi connectivity index (χ3n) is 4.99. The SMILES string of the molecule is C=CC(=O)N1CCn2c(nnc2-c2cc(F)c(-c3c(F)cccc3OC)c(Cl)c2)C1. The lowest BCUT2D eigenvalue weighted by atomic mass is 10.0. The Hall–Kier alpha value is -3.26. The van der Waals surface area contributed by atoms with E-state index in [9.17, 15) is 9.18 Å². The number of carbonyl (C=O) groups excluding carboxylic acids is 1. The first-order valence-corrected chi connectivity index (χ1v) is 9.48. The summed E-state index contributed by atoms with van der Waals surface area (Å²) in [6.07, 6.45) is 1.25. The van der Waals surface area contributed by atoms with E-state index >= 15 is 4.39 Å². The molecule has 0 atom stereocenters. The Labute approximate surface area is 176 Å². The number of amides is 1. The monoisotopic (exact) mass is 430 g/mol. The van der Waals surface area contributed by atoms with Gasteiger partial charge in [0.1, 0.15) is 17.4 Å². The van der Waals surface area contributed by atoms with Crippen molar-refractivity contribution >= 4 is 17.5 Å². The van der Waals surface area contributed by atoms with Gasteiger partial charge < -0.3 is 14.2 Å². The van der Waals surface area contributed by atoms with Crippen LogP contribution >= 0.6 is 11.6 Å². The first kappa shape index (κ1) is 20.0. The van der Waals surface area contributed by atoms with E-state index in [2.05, 4.69) is 16.8 Å². The highest BCUT2D eigenvalue weighted by Crippen LogP contribution is 2.40. The fourth-order valence-corrected chi connectivity index (χ4v) is 3.85. The van der Waals surface area contributed by atoms with Crippen LogP contribution in [0.5, 0.6) is 5.75 Å². The van der Waals surface area contributed by atoms with Gasteiger partial charge in [0.05, 0.1) is 24.2 Å². The number of fused-ring (bicyclic) bond motifs is 1. The first-order valence-electron chi connectivity index (χ1n) is 9.10. The first-order chi connectivity index (χ1) is 14.4. The van der Waals surface area contributed by atoms with Gasteiger partial charge in [-0.3, -0.25) is 4.79 Å². The molecule has 0 aliphatic carbocycles. The summed E-state index contributed by atoms with van der Waals surface area (Å²) >= 11 is 6.37. The quantitative estimate of drug-likeness (QED) is 0.585. The van der Waals surface area contributed by atoms with Gasteiger partial charge in [-0.2, -0.15) is 0 Å². The summed E-state index contributed by atoms with van der Waals surface area (Å²) in [4.78, 5) is 13.4. The molecular formula is C21H17ClF2N4O2. The summed E-state index contributed by atoms with van der Waals surface area (Å²) in [7, 11) is 1.38. The molecule has 0 spiro atoms. The standard InChI is InChI=1S/C21H17ClF2N4O2/c1-3-18(29)27-7-8-28-17(11-27)25-26-21(28)12-9-13(22)19(15(24)10-12)20-14(23)5-4-6-16(20)30-2/h3-6,9-10H,1,7-8,11H2,2H3. The Morgan fingerprint density at radius 2 is 2.00 bits per heavy atom. The third kappa shape index (κ3) is 3.33. The molecule has 0 bridgehead atoms. The van der Waals surface area contributed by atoms with Crippen molar-refractivity contribution < 1.29 is 18.3 Å². The Bertz CT molecular complexity index is 1140. The van der Waals surface area contributed by atoms with Crippen molar-refractivity contribution in [3.63, 3.8) is 0 Å². The van der Waals surface area contributed by atoms with Crippen molar-refractivity contribution in [3.8, 4) is 28.3 Å². The second-order valence-corrected chi connectivity index (χ2v) is 7.09. The molecular weight excluding hydrogens is 414 g/mol. The maximum Gasteiger partial charge on any atom is 0.246 e. The molecule has 1 amide bonds. The number of methoxy groups -OCH3 is 1. The molecule has 0 saturated carbocycles. The summed E-state index contributed by atoms with van der Waals surface area (Å²) in [6, 6.07) is 6.98. The maximum absolute atomic E-state index is 15.1. The van der Waals surface area contributed by atoms with E-state index in [1.807, 2.05) is 0 Å². The molecule has 3 aromatic rings. The van der Waals surface area contributed by atoms with E-state index in [1.165, 1.54) is 43.5 Å². The van der Waals surface area contributed by atoms with Gasteiger partial charge in [0.2, 0.25) is 5.91 Å². The van der Waals surface area contributed by atoms with E-state index in [0.29, 0.717) is 30.3 Å². The lowest BCUT2D eigenvalue weighted by Crippen LogP contribution is -2.37. The second kappa shape index (κ2) is 7.87. The number of aromatic nitrogens is 3. The Kier molecular flexibility index (Phi) is 5.26. The molecule has 9 heteroatoms. The number of carbonyl (C=O) groups is 1. The number of hydrogen-bond donors (Lipinski definition) is 0. The fourth-order valence-electron chi connectivity index (χ4n) is 3.55. The molecule has 4 rings (SSSR count). The molecule has 0 fully saturated rings. The summed E-state index contributed by atoms with van der Waals surface area (Å²) in [5.41, 5.74) is 0.270. The highest BCUT2D eigenvalue weighted by molar-refractivity contribution is 6.33. The molecule has 1 aromatic heterocycles. The molecule has 1 aliphatic rings. The minimum atomic E-state index is -0.711. The number of rotatable bonds is 4. The van der Waals surface area contributed by atoms with Crippen molar-refractivity contribution in [2.24, 2.45) is 0 Å². The number of hydrogen-bond acceptors (Lipinski definition) is 4. The van der Waals surface area contributed by atoms with Gasteiger partial charge >= 0.3 is 0 Å². The van der Waals surface area contributed by atoms with E-state index in [1.54, 1.807) is 9.47 Å². The van der Waals surface area contributed by atoms with Crippen LogP contribution in [0.1, 0.15) is 5.82 Å². The third-order valence-corrected chi connectivity index (χ3v) is 5.28. The predicted molar refractivity (Wildman–Crippen MR) is 108 cm³/mol. The number of nitrogens with zero attached hydrogens (tertiary/aromatic N) is 4. The van der Waals surface area contributed by atoms with Crippen LogP contribution in [0.2, 0.25) is 5.02 Å². The molecule has 0 unspecified atom stereocenters. The molecule has 0 N–H and O–H groups in total. The molecule has 30 heavy (non-hydrogen) atoms. The van der Waals surface area contributed by atoms with Gasteiger partial charge in [-0.15, -0.1) is 10.2 Å². The van der Waals surface area contributed by atoms with E-state index in [4.69, 9.17) is 16.3 Å². The van der Waals surface area contributed by atoms with Crippen molar-refractivity contribution in [1.82, 2.24) is 19.7 Å². The number of benzene rings is 2. The fraction of sp³-hybridized carbons (Fsp3) is 0.190. The summed E-state index contributed by atoms with van der Waals surface area (Å²) in [6.45, 7) is 4.66. The second-order valence-electron chi connectivity index (χ2n) is 6.69. The predicted octanol–water partition coefficient (Wildman–Crippen LogP) is 4.08. The van der Waals surface area contributed by atoms with Gasteiger partial charge in [-0.05, 0) is 30.3 Å². The largest absolute Gasteiger partial charge is 0.496 e. The van der Waals surface area contributed by atoms with Crippen LogP contribution in [0, 0.1) is 11.6 Å². The van der Waals surface area contributed by atoms with Crippen LogP contribution in [0.3, 0.4) is 0 Å². The van der Waals surface area contributed by atoms with Crippen LogP contribution in [0.25, 0.3) is 22.5 Å². The van der Waals surface area contributed by atoms with Crippen molar-refractivity contribution in [2.45, 2.75) is 13.1 Å². The highest BCUT2D eigenvalue weighted by Gasteiger charge is 2.26. The summed E-state index contributed by atoms with van der Waals surface area (Å²) in [5, 5.41) is 8.29. The average molecular weight is 431 g/mol. The van der Waals surface area contributed by atoms with Crippen LogP contribution < -0.4 is 4.74 Å². The van der Waals surface area contributed by atoms with Crippen molar-refractivity contribution in [1.29, 1.82) is 0 Å². The normalized spacial score (nSPS) is 13.1. The zero-order valence-electron chi connectivity index (χ0n) is 16.0. The Morgan fingerprint density at radius 1 is 1.20 bits per heavy atom. The van der Waals surface area contributed by atoms with Crippen LogP contribution in [0.15, 0.2) is 43.0 Å². The minimum absolute atomic E-state index is 0.0185. The minimum Gasteiger partial charge on any atom is -0.496 e. The molecule has 154 valence electrons. The lowest BCUT2D eigenvalue weighted by Gasteiger charge is -2.26. The van der Waals surface area contributed by atoms with Crippen LogP contribution in [-0.4, -0.2) is 39.2 Å². The Morgan fingerprint density at radius 3 is 2.70 bits per heavy atom. The lowest BCUT2D eigenvalue weighted by molar-refractivity contribution is -0.127. The molecule has 1 aliphatic heterocycles. The highest BCUT2D eigenvalue weighted by atomic mass is 35.5. The van der Waals surface area contributed by atoms with Gasteiger partial charge in [-0.1, -0.05) is 24.2 Å².